The molecule has 0 unspecified atom stereocenters. The first-order valence-corrected chi connectivity index (χ1v) is 5.36. The van der Waals surface area contributed by atoms with Gasteiger partial charge in [0, 0.05) is 13.6 Å². The maximum absolute atomic E-state index is 11.7. The van der Waals surface area contributed by atoms with Gasteiger partial charge >= 0.3 is 0 Å². The summed E-state index contributed by atoms with van der Waals surface area (Å²) in [5.41, 5.74) is 5.78. The van der Waals surface area contributed by atoms with Crippen molar-refractivity contribution in [3.05, 3.63) is 0 Å². The topological polar surface area (TPSA) is 46.3 Å². The monoisotopic (exact) mass is 200 g/mol. The molecule has 0 radical (unpaired) electrons. The van der Waals surface area contributed by atoms with Crippen molar-refractivity contribution in [3.8, 4) is 0 Å². The van der Waals surface area contributed by atoms with Gasteiger partial charge in [0.25, 0.3) is 0 Å². The third kappa shape index (κ3) is 4.61. The summed E-state index contributed by atoms with van der Waals surface area (Å²) in [6, 6.07) is -0.354. The lowest BCUT2D eigenvalue weighted by atomic mass is 10.0. The van der Waals surface area contributed by atoms with E-state index in [-0.39, 0.29) is 17.9 Å². The van der Waals surface area contributed by atoms with Gasteiger partial charge in [0.1, 0.15) is 0 Å². The van der Waals surface area contributed by atoms with Crippen molar-refractivity contribution in [1.29, 1.82) is 0 Å². The summed E-state index contributed by atoms with van der Waals surface area (Å²) in [6.45, 7) is 9.05. The number of likely N-dealkylation sites (N-methyl/N-ethyl adjacent to an activating group) is 1. The molecule has 3 heteroatoms. The largest absolute Gasteiger partial charge is 0.344 e. The molecular weight excluding hydrogens is 176 g/mol. The minimum atomic E-state index is -0.354. The lowest BCUT2D eigenvalue weighted by Gasteiger charge is -2.23. The molecule has 0 aliphatic carbocycles. The molecule has 0 spiro atoms. The molecular formula is C11H24N2O. The van der Waals surface area contributed by atoms with Crippen molar-refractivity contribution < 1.29 is 4.79 Å². The molecule has 1 atom stereocenters. The quantitative estimate of drug-likeness (QED) is 0.730. The van der Waals surface area contributed by atoms with Crippen LogP contribution in [-0.4, -0.2) is 30.4 Å². The number of carbonyl (C=O) groups excluding carboxylic acids is 1. The highest BCUT2D eigenvalue weighted by Crippen LogP contribution is 2.05. The van der Waals surface area contributed by atoms with Crippen LogP contribution in [0, 0.1) is 11.8 Å². The third-order valence-corrected chi connectivity index (χ3v) is 2.42. The van der Waals surface area contributed by atoms with E-state index >= 15 is 0 Å². The van der Waals surface area contributed by atoms with Crippen molar-refractivity contribution >= 4 is 5.91 Å². The van der Waals surface area contributed by atoms with Crippen LogP contribution in [0.2, 0.25) is 0 Å². The second-order valence-electron chi connectivity index (χ2n) is 4.71. The van der Waals surface area contributed by atoms with Crippen LogP contribution in [0.4, 0.5) is 0 Å². The Morgan fingerprint density at radius 3 is 2.14 bits per heavy atom. The van der Waals surface area contributed by atoms with Crippen molar-refractivity contribution in [2.24, 2.45) is 17.6 Å². The molecule has 84 valence electrons. The van der Waals surface area contributed by atoms with Gasteiger partial charge in [-0.3, -0.25) is 4.79 Å². The fraction of sp³-hybridized carbons (Fsp3) is 0.909. The van der Waals surface area contributed by atoms with E-state index in [0.29, 0.717) is 5.92 Å². The number of amides is 1. The third-order valence-electron chi connectivity index (χ3n) is 2.42. The first kappa shape index (κ1) is 13.4. The predicted octanol–water partition coefficient (Wildman–Crippen LogP) is 1.47. The molecule has 3 nitrogen and oxygen atoms in total. The van der Waals surface area contributed by atoms with E-state index in [0.717, 1.165) is 13.0 Å². The van der Waals surface area contributed by atoms with Crippen LogP contribution in [0.3, 0.4) is 0 Å². The fourth-order valence-electron chi connectivity index (χ4n) is 1.10. The molecule has 1 amide bonds. The van der Waals surface area contributed by atoms with Crippen molar-refractivity contribution in [2.75, 3.05) is 13.6 Å². The zero-order valence-corrected chi connectivity index (χ0v) is 10.1. The minimum Gasteiger partial charge on any atom is -0.344 e. The van der Waals surface area contributed by atoms with Crippen LogP contribution < -0.4 is 5.73 Å². The minimum absolute atomic E-state index is 0.0562. The molecule has 0 heterocycles. The number of nitrogens with zero attached hydrogens (tertiary/aromatic N) is 1. The summed E-state index contributed by atoms with van der Waals surface area (Å²) in [5, 5.41) is 0. The summed E-state index contributed by atoms with van der Waals surface area (Å²) < 4.78 is 0. The van der Waals surface area contributed by atoms with Crippen LogP contribution in [0.15, 0.2) is 0 Å². The molecule has 0 saturated heterocycles. The Morgan fingerprint density at radius 2 is 1.79 bits per heavy atom. The molecule has 14 heavy (non-hydrogen) atoms. The Labute approximate surface area is 87.6 Å². The number of hydrogen-bond donors (Lipinski definition) is 1. The van der Waals surface area contributed by atoms with E-state index in [2.05, 4.69) is 13.8 Å². The summed E-state index contributed by atoms with van der Waals surface area (Å²) in [6.07, 6.45) is 1.03. The fourth-order valence-corrected chi connectivity index (χ4v) is 1.10. The van der Waals surface area contributed by atoms with E-state index in [1.165, 1.54) is 0 Å². The molecule has 0 rings (SSSR count). The number of nitrogens with two attached hydrogens (primary N) is 1. The highest BCUT2D eigenvalue weighted by atomic mass is 16.2. The predicted molar refractivity (Wildman–Crippen MR) is 59.9 cm³/mol. The van der Waals surface area contributed by atoms with Gasteiger partial charge in [-0.1, -0.05) is 27.7 Å². The van der Waals surface area contributed by atoms with E-state index < -0.39 is 0 Å². The number of hydrogen-bond acceptors (Lipinski definition) is 2. The van der Waals surface area contributed by atoms with Crippen LogP contribution in [0.25, 0.3) is 0 Å². The first-order chi connectivity index (χ1) is 6.36. The number of rotatable bonds is 5. The van der Waals surface area contributed by atoms with E-state index in [1.807, 2.05) is 20.9 Å². The maximum Gasteiger partial charge on any atom is 0.239 e. The molecule has 0 aromatic rings. The van der Waals surface area contributed by atoms with Crippen LogP contribution in [0.1, 0.15) is 34.1 Å². The molecule has 0 saturated carbocycles. The van der Waals surface area contributed by atoms with E-state index in [1.54, 1.807) is 4.90 Å². The van der Waals surface area contributed by atoms with Crippen LogP contribution >= 0.6 is 0 Å². The Balaban J connectivity index is 3.99. The lowest BCUT2D eigenvalue weighted by molar-refractivity contribution is -0.132. The van der Waals surface area contributed by atoms with Gasteiger partial charge in [-0.2, -0.15) is 0 Å². The van der Waals surface area contributed by atoms with Gasteiger partial charge in [-0.15, -0.1) is 0 Å². The SMILES string of the molecule is CC(C)CCN(C)C(=O)[C@@H](N)C(C)C. The Hall–Kier alpha value is -0.570. The van der Waals surface area contributed by atoms with Crippen molar-refractivity contribution in [2.45, 2.75) is 40.2 Å². The Bertz CT molecular complexity index is 178. The van der Waals surface area contributed by atoms with Gasteiger partial charge in [0.2, 0.25) is 5.91 Å². The second-order valence-corrected chi connectivity index (χ2v) is 4.71. The molecule has 0 aliphatic rings. The molecule has 0 aromatic heterocycles. The van der Waals surface area contributed by atoms with E-state index in [4.69, 9.17) is 5.73 Å². The van der Waals surface area contributed by atoms with E-state index in [9.17, 15) is 4.79 Å². The van der Waals surface area contributed by atoms with Crippen molar-refractivity contribution in [1.82, 2.24) is 4.90 Å². The smallest absolute Gasteiger partial charge is 0.239 e. The average Bonchev–Trinajstić information content (AvgIpc) is 2.11. The zero-order valence-electron chi connectivity index (χ0n) is 10.1. The van der Waals surface area contributed by atoms with Crippen LogP contribution in [0.5, 0.6) is 0 Å². The van der Waals surface area contributed by atoms with Gasteiger partial charge in [0.15, 0.2) is 0 Å². The molecule has 0 fully saturated rings. The zero-order chi connectivity index (χ0) is 11.3. The highest BCUT2D eigenvalue weighted by Gasteiger charge is 2.20. The maximum atomic E-state index is 11.7. The second kappa shape index (κ2) is 6.02. The Kier molecular flexibility index (Phi) is 5.77. The summed E-state index contributed by atoms with van der Waals surface area (Å²) in [4.78, 5) is 13.4. The Morgan fingerprint density at radius 1 is 1.29 bits per heavy atom. The summed E-state index contributed by atoms with van der Waals surface area (Å²) in [7, 11) is 1.83. The summed E-state index contributed by atoms with van der Waals surface area (Å²) in [5.74, 6) is 0.894. The highest BCUT2D eigenvalue weighted by molar-refractivity contribution is 5.81. The molecule has 2 N–H and O–H groups in total. The van der Waals surface area contributed by atoms with Gasteiger partial charge in [0.05, 0.1) is 6.04 Å². The van der Waals surface area contributed by atoms with Gasteiger partial charge in [-0.05, 0) is 18.3 Å². The van der Waals surface area contributed by atoms with Gasteiger partial charge < -0.3 is 10.6 Å². The average molecular weight is 200 g/mol. The van der Waals surface area contributed by atoms with Crippen molar-refractivity contribution in [3.63, 3.8) is 0 Å². The lowest BCUT2D eigenvalue weighted by Crippen LogP contribution is -2.45. The molecule has 0 bridgehead atoms. The van der Waals surface area contributed by atoms with Gasteiger partial charge in [-0.25, -0.2) is 0 Å². The molecule has 0 aliphatic heterocycles. The van der Waals surface area contributed by atoms with Crippen LogP contribution in [-0.2, 0) is 4.79 Å². The first-order valence-electron chi connectivity index (χ1n) is 5.36. The number of carbonyl (C=O) groups is 1. The summed E-state index contributed by atoms with van der Waals surface area (Å²) >= 11 is 0. The normalized spacial score (nSPS) is 13.4. The standard InChI is InChI=1S/C11H24N2O/c1-8(2)6-7-13(5)11(14)10(12)9(3)4/h8-10H,6-7,12H2,1-5H3/t10-/m0/s1. The molecule has 0 aromatic carbocycles.